The molecule has 2 rings (SSSR count). The Bertz CT molecular complexity index is 632. The molecule has 0 aliphatic heterocycles. The number of hydrogen-bond acceptors (Lipinski definition) is 7. The van der Waals surface area contributed by atoms with Crippen molar-refractivity contribution in [1.29, 1.82) is 0 Å². The number of benzene rings is 1. The minimum Gasteiger partial charge on any atom is -0.497 e. The van der Waals surface area contributed by atoms with Crippen molar-refractivity contribution >= 4 is 11.7 Å². The monoisotopic (exact) mass is 289 g/mol. The zero-order valence-electron chi connectivity index (χ0n) is 11.7. The second kappa shape index (κ2) is 6.56. The van der Waals surface area contributed by atoms with Crippen LogP contribution in [0.4, 0.5) is 5.69 Å². The highest BCUT2D eigenvalue weighted by Crippen LogP contribution is 2.31. The van der Waals surface area contributed by atoms with Crippen molar-refractivity contribution in [3.63, 3.8) is 0 Å². The van der Waals surface area contributed by atoms with Crippen LogP contribution in [0.3, 0.4) is 0 Å². The van der Waals surface area contributed by atoms with Crippen LogP contribution in [-0.4, -0.2) is 30.2 Å². The normalized spacial score (nSPS) is 10.0. The molecular formula is C14H15N3O4. The van der Waals surface area contributed by atoms with Gasteiger partial charge in [0.2, 0.25) is 0 Å². The van der Waals surface area contributed by atoms with E-state index in [1.807, 2.05) is 0 Å². The summed E-state index contributed by atoms with van der Waals surface area (Å²) < 4.78 is 15.3. The molecule has 1 heterocycles. The maximum absolute atomic E-state index is 12.1. The van der Waals surface area contributed by atoms with Crippen LogP contribution in [0.5, 0.6) is 11.5 Å². The third-order valence-corrected chi connectivity index (χ3v) is 2.74. The van der Waals surface area contributed by atoms with E-state index < -0.39 is 5.97 Å². The van der Waals surface area contributed by atoms with Gasteiger partial charge in [0.05, 0.1) is 25.5 Å². The van der Waals surface area contributed by atoms with E-state index in [4.69, 9.17) is 19.9 Å². The summed E-state index contributed by atoms with van der Waals surface area (Å²) in [5.74, 6) is 0.595. The van der Waals surface area contributed by atoms with Gasteiger partial charge in [-0.3, -0.25) is 0 Å². The number of esters is 1. The molecule has 1 aromatic carbocycles. The number of ether oxygens (including phenoxy) is 3. The average Bonchev–Trinajstić information content (AvgIpc) is 2.53. The number of nitrogens with zero attached hydrogens (tertiary/aromatic N) is 2. The summed E-state index contributed by atoms with van der Waals surface area (Å²) in [6.07, 6.45) is 3.14. The van der Waals surface area contributed by atoms with Crippen LogP contribution < -0.4 is 15.2 Å². The molecule has 0 amide bonds. The zero-order valence-corrected chi connectivity index (χ0v) is 11.7. The lowest BCUT2D eigenvalue weighted by atomic mass is 10.1. The fraction of sp³-hybridized carbons (Fsp3) is 0.214. The van der Waals surface area contributed by atoms with Crippen molar-refractivity contribution in [2.45, 2.75) is 6.61 Å². The quantitative estimate of drug-likeness (QED) is 0.657. The maximum atomic E-state index is 12.1. The third-order valence-electron chi connectivity index (χ3n) is 2.74. The molecule has 0 bridgehead atoms. The lowest BCUT2D eigenvalue weighted by Gasteiger charge is -2.12. The Hall–Kier alpha value is -2.83. The Morgan fingerprint density at radius 2 is 1.90 bits per heavy atom. The molecule has 0 fully saturated rings. The van der Waals surface area contributed by atoms with Crippen LogP contribution in [0.1, 0.15) is 16.2 Å². The summed E-state index contributed by atoms with van der Waals surface area (Å²) in [7, 11) is 2.94. The van der Waals surface area contributed by atoms with Crippen LogP contribution in [0.2, 0.25) is 0 Å². The predicted octanol–water partition coefficient (Wildman–Crippen LogP) is 1.43. The molecular weight excluding hydrogens is 274 g/mol. The first-order valence-corrected chi connectivity index (χ1v) is 6.10. The Morgan fingerprint density at radius 1 is 1.19 bits per heavy atom. The molecule has 2 aromatic rings. The standard InChI is InChI=1S/C14H15N3O4/c1-19-9-6-10(13(15)11(7-9)20-2)14(18)21-8-12-16-4-3-5-17-12/h3-7H,8,15H2,1-2H3. The summed E-state index contributed by atoms with van der Waals surface area (Å²) >= 11 is 0. The van der Waals surface area contributed by atoms with Gasteiger partial charge >= 0.3 is 5.97 Å². The summed E-state index contributed by atoms with van der Waals surface area (Å²) in [5.41, 5.74) is 6.24. The number of aromatic nitrogens is 2. The number of nitrogens with two attached hydrogens (primary N) is 1. The van der Waals surface area contributed by atoms with Crippen LogP contribution >= 0.6 is 0 Å². The number of nitrogen functional groups attached to an aromatic ring is 1. The number of hydrogen-bond donors (Lipinski definition) is 1. The van der Waals surface area contributed by atoms with E-state index in [2.05, 4.69) is 9.97 Å². The van der Waals surface area contributed by atoms with Crippen molar-refractivity contribution in [3.8, 4) is 11.5 Å². The van der Waals surface area contributed by atoms with Gasteiger partial charge in [0.1, 0.15) is 11.5 Å². The Kier molecular flexibility index (Phi) is 4.55. The smallest absolute Gasteiger partial charge is 0.340 e. The number of rotatable bonds is 5. The van der Waals surface area contributed by atoms with Gasteiger partial charge < -0.3 is 19.9 Å². The van der Waals surface area contributed by atoms with E-state index in [9.17, 15) is 4.79 Å². The van der Waals surface area contributed by atoms with Gasteiger partial charge in [-0.15, -0.1) is 0 Å². The summed E-state index contributed by atoms with van der Waals surface area (Å²) in [6, 6.07) is 4.76. The van der Waals surface area contributed by atoms with E-state index in [-0.39, 0.29) is 17.9 Å². The van der Waals surface area contributed by atoms with Gasteiger partial charge in [0.15, 0.2) is 12.4 Å². The molecule has 0 saturated heterocycles. The van der Waals surface area contributed by atoms with Gasteiger partial charge in [-0.2, -0.15) is 0 Å². The molecule has 0 unspecified atom stereocenters. The number of methoxy groups -OCH3 is 2. The molecule has 7 nitrogen and oxygen atoms in total. The zero-order chi connectivity index (χ0) is 15.2. The number of carbonyl (C=O) groups excluding carboxylic acids is 1. The molecule has 1 aromatic heterocycles. The van der Waals surface area contributed by atoms with E-state index in [1.165, 1.54) is 20.3 Å². The van der Waals surface area contributed by atoms with E-state index in [0.717, 1.165) is 0 Å². The Balaban J connectivity index is 2.18. The Morgan fingerprint density at radius 3 is 2.52 bits per heavy atom. The topological polar surface area (TPSA) is 96.6 Å². The van der Waals surface area contributed by atoms with E-state index in [0.29, 0.717) is 17.3 Å². The highest BCUT2D eigenvalue weighted by molar-refractivity contribution is 5.97. The first-order chi connectivity index (χ1) is 10.2. The van der Waals surface area contributed by atoms with Gasteiger partial charge in [-0.05, 0) is 12.1 Å². The summed E-state index contributed by atoms with van der Waals surface area (Å²) in [5, 5.41) is 0. The van der Waals surface area contributed by atoms with Gasteiger partial charge in [0.25, 0.3) is 0 Å². The maximum Gasteiger partial charge on any atom is 0.340 e. The highest BCUT2D eigenvalue weighted by Gasteiger charge is 2.17. The molecule has 0 aliphatic rings. The van der Waals surface area contributed by atoms with E-state index >= 15 is 0 Å². The van der Waals surface area contributed by atoms with Crippen LogP contribution in [0.15, 0.2) is 30.6 Å². The van der Waals surface area contributed by atoms with E-state index in [1.54, 1.807) is 24.5 Å². The number of anilines is 1. The Labute approximate surface area is 121 Å². The minimum atomic E-state index is -0.600. The van der Waals surface area contributed by atoms with Gasteiger partial charge in [0, 0.05) is 18.5 Å². The number of carbonyl (C=O) groups is 1. The lowest BCUT2D eigenvalue weighted by Crippen LogP contribution is -2.10. The molecule has 0 atom stereocenters. The van der Waals surface area contributed by atoms with Crippen molar-refractivity contribution in [2.75, 3.05) is 20.0 Å². The minimum absolute atomic E-state index is 0.0430. The van der Waals surface area contributed by atoms with Crippen molar-refractivity contribution in [2.24, 2.45) is 0 Å². The highest BCUT2D eigenvalue weighted by atomic mass is 16.5. The molecule has 2 N–H and O–H groups in total. The molecule has 110 valence electrons. The molecule has 21 heavy (non-hydrogen) atoms. The average molecular weight is 289 g/mol. The van der Waals surface area contributed by atoms with Crippen LogP contribution in [-0.2, 0) is 11.3 Å². The fourth-order valence-electron chi connectivity index (χ4n) is 1.67. The molecule has 0 spiro atoms. The van der Waals surface area contributed by atoms with Gasteiger partial charge in [-0.25, -0.2) is 14.8 Å². The molecule has 0 aliphatic carbocycles. The second-order valence-electron chi connectivity index (χ2n) is 4.03. The van der Waals surface area contributed by atoms with Crippen LogP contribution in [0, 0.1) is 0 Å². The first-order valence-electron chi connectivity index (χ1n) is 6.10. The lowest BCUT2D eigenvalue weighted by molar-refractivity contribution is 0.0462. The first kappa shape index (κ1) is 14.6. The molecule has 0 saturated carbocycles. The fourth-order valence-corrected chi connectivity index (χ4v) is 1.67. The van der Waals surface area contributed by atoms with Crippen molar-refractivity contribution in [3.05, 3.63) is 42.0 Å². The summed E-state index contributed by atoms with van der Waals surface area (Å²) in [4.78, 5) is 20.0. The third kappa shape index (κ3) is 3.38. The SMILES string of the molecule is COc1cc(OC)c(N)c(C(=O)OCc2ncccn2)c1. The van der Waals surface area contributed by atoms with Gasteiger partial charge in [-0.1, -0.05) is 0 Å². The largest absolute Gasteiger partial charge is 0.497 e. The van der Waals surface area contributed by atoms with Crippen molar-refractivity contribution in [1.82, 2.24) is 9.97 Å². The molecule has 0 radical (unpaired) electrons. The van der Waals surface area contributed by atoms with Crippen molar-refractivity contribution < 1.29 is 19.0 Å². The predicted molar refractivity (Wildman–Crippen MR) is 75.1 cm³/mol. The second-order valence-corrected chi connectivity index (χ2v) is 4.03. The van der Waals surface area contributed by atoms with Crippen LogP contribution in [0.25, 0.3) is 0 Å². The molecule has 7 heteroatoms. The summed E-state index contributed by atoms with van der Waals surface area (Å²) in [6.45, 7) is -0.0430.